The number of halogens is 1. The zero-order chi connectivity index (χ0) is 32.3. The van der Waals surface area contributed by atoms with Crippen LogP contribution in [0.1, 0.15) is 12.0 Å². The summed E-state index contributed by atoms with van der Waals surface area (Å²) in [5, 5.41) is 13.1. The number of carbonyl (C=O) groups excluding carboxylic acids is 1. The molecule has 0 aliphatic carbocycles. The molecule has 1 amide bonds. The van der Waals surface area contributed by atoms with Crippen LogP contribution in [0.3, 0.4) is 0 Å². The first-order chi connectivity index (χ1) is 22.1. The van der Waals surface area contributed by atoms with Gasteiger partial charge in [-0.05, 0) is 48.5 Å². The van der Waals surface area contributed by atoms with Crippen LogP contribution in [0.2, 0.25) is 0 Å². The van der Waals surface area contributed by atoms with E-state index in [0.717, 1.165) is 51.3 Å². The van der Waals surface area contributed by atoms with Gasteiger partial charge in [0.25, 0.3) is 0 Å². The molecule has 14 heteroatoms. The third-order valence-electron chi connectivity index (χ3n) is 8.47. The molecule has 2 atom stereocenters. The number of sulfone groups is 1. The smallest absolute Gasteiger partial charge is 0.237 e. The lowest BCUT2D eigenvalue weighted by Gasteiger charge is -2.43. The van der Waals surface area contributed by atoms with E-state index in [4.69, 9.17) is 9.47 Å². The fourth-order valence-corrected chi connectivity index (χ4v) is 6.46. The molecule has 46 heavy (non-hydrogen) atoms. The molecular weight excluding hydrogens is 613 g/mol. The minimum absolute atomic E-state index is 0.156. The highest BCUT2D eigenvalue weighted by atomic mass is 32.2. The molecular formula is C32H36FN7O5S. The van der Waals surface area contributed by atoms with E-state index in [0.29, 0.717) is 23.2 Å². The van der Waals surface area contributed by atoms with Crippen molar-refractivity contribution in [2.24, 2.45) is 0 Å². The Kier molecular flexibility index (Phi) is 9.34. The van der Waals surface area contributed by atoms with E-state index in [2.05, 4.69) is 43.3 Å². The maximum atomic E-state index is 15.0. The second-order valence-electron chi connectivity index (χ2n) is 11.8. The van der Waals surface area contributed by atoms with Crippen LogP contribution in [-0.2, 0) is 19.4 Å². The predicted molar refractivity (Wildman–Crippen MR) is 171 cm³/mol. The molecule has 3 aliphatic rings. The summed E-state index contributed by atoms with van der Waals surface area (Å²) in [5.41, 5.74) is 2.84. The number of benzene rings is 2. The Bertz CT molecular complexity index is 1710. The van der Waals surface area contributed by atoms with E-state index in [1.165, 1.54) is 10.6 Å². The first kappa shape index (κ1) is 31.7. The quantitative estimate of drug-likeness (QED) is 0.366. The summed E-state index contributed by atoms with van der Waals surface area (Å²) in [6, 6.07) is 17.6. The van der Waals surface area contributed by atoms with Gasteiger partial charge in [-0.25, -0.2) is 22.8 Å². The first-order valence-corrected chi connectivity index (χ1v) is 17.3. The third kappa shape index (κ3) is 7.55. The highest BCUT2D eigenvalue weighted by molar-refractivity contribution is 7.91. The van der Waals surface area contributed by atoms with Gasteiger partial charge in [0.2, 0.25) is 5.91 Å². The number of alkyl halides is 1. The highest BCUT2D eigenvalue weighted by Gasteiger charge is 2.34. The molecule has 6 rings (SSSR count). The summed E-state index contributed by atoms with van der Waals surface area (Å²) in [7, 11) is -3.52. The first-order valence-electron chi connectivity index (χ1n) is 15.2. The number of aromatic nitrogens is 2. The van der Waals surface area contributed by atoms with Crippen LogP contribution in [0.15, 0.2) is 54.7 Å². The van der Waals surface area contributed by atoms with E-state index < -0.39 is 33.8 Å². The highest BCUT2D eigenvalue weighted by Crippen LogP contribution is 2.29. The van der Waals surface area contributed by atoms with Crippen LogP contribution in [0.25, 0.3) is 11.4 Å². The normalized spacial score (nSPS) is 20.9. The Hall–Kier alpha value is -4.32. The number of anilines is 3. The molecule has 0 bridgehead atoms. The topological polar surface area (TPSA) is 141 Å². The molecule has 1 N–H and O–H groups in total. The molecule has 3 fully saturated rings. The van der Waals surface area contributed by atoms with Crippen molar-refractivity contribution in [2.45, 2.75) is 24.7 Å². The van der Waals surface area contributed by atoms with Crippen LogP contribution >= 0.6 is 0 Å². The number of hydrogen-bond acceptors (Lipinski definition) is 11. The summed E-state index contributed by atoms with van der Waals surface area (Å²) in [4.78, 5) is 27.3. The maximum absolute atomic E-state index is 15.0. The SMILES string of the molecule is CS(=O)(=O)CC(=O)N1CC[C@H](Oc2ccc(-c3nccc(Nc4ccc(N5CCN(C6COC6)CC5)cc4)n3)cc2C#N)[C@H](F)C1. The van der Waals surface area contributed by atoms with E-state index >= 15 is 0 Å². The molecule has 1 aromatic heterocycles. The summed E-state index contributed by atoms with van der Waals surface area (Å²) in [5.74, 6) is -0.0943. The van der Waals surface area contributed by atoms with Gasteiger partial charge in [-0.1, -0.05) is 0 Å². The number of rotatable bonds is 9. The number of piperidine rings is 1. The number of carbonyl (C=O) groups is 1. The largest absolute Gasteiger partial charge is 0.486 e. The Labute approximate surface area is 267 Å². The zero-order valence-electron chi connectivity index (χ0n) is 25.5. The molecule has 3 aromatic rings. The standard InChI is InChI=1S/C32H36FN7O5S/c1-46(42,43)21-31(41)40-11-9-29(27(33)18-40)45-28-7-2-22(16-23(28)17-34)32-35-10-8-30(37-32)36-24-3-5-25(6-4-24)38-12-14-39(15-13-38)26-19-44-20-26/h2-8,10,16,26-27,29H,9,11-15,18-21H2,1H3,(H,35,36,37)/t27-,29+/m1/s1. The van der Waals surface area contributed by atoms with Gasteiger partial charge in [0.05, 0.1) is 31.4 Å². The fraction of sp³-hybridized carbons (Fsp3) is 0.438. The number of nitriles is 1. The van der Waals surface area contributed by atoms with Gasteiger partial charge in [0, 0.05) is 68.5 Å². The predicted octanol–water partition coefficient (Wildman–Crippen LogP) is 2.64. The second kappa shape index (κ2) is 13.6. The number of piperazine rings is 1. The third-order valence-corrected chi connectivity index (χ3v) is 9.24. The van der Waals surface area contributed by atoms with Gasteiger partial charge in [-0.15, -0.1) is 0 Å². The number of nitrogens with zero attached hydrogens (tertiary/aromatic N) is 6. The van der Waals surface area contributed by atoms with Crippen LogP contribution in [0.5, 0.6) is 5.75 Å². The maximum Gasteiger partial charge on any atom is 0.237 e. The molecule has 0 radical (unpaired) electrons. The second-order valence-corrected chi connectivity index (χ2v) is 14.0. The molecule has 0 unspecified atom stereocenters. The van der Waals surface area contributed by atoms with Crippen molar-refractivity contribution in [3.05, 3.63) is 60.3 Å². The van der Waals surface area contributed by atoms with Gasteiger partial charge in [-0.3, -0.25) is 9.69 Å². The number of amides is 1. The Morgan fingerprint density at radius 1 is 1.11 bits per heavy atom. The molecule has 2 aromatic carbocycles. The van der Waals surface area contributed by atoms with Crippen molar-refractivity contribution in [1.29, 1.82) is 5.26 Å². The number of likely N-dealkylation sites (tertiary alicyclic amines) is 1. The molecule has 0 spiro atoms. The molecule has 4 heterocycles. The van der Waals surface area contributed by atoms with E-state index in [-0.39, 0.29) is 30.8 Å². The van der Waals surface area contributed by atoms with Gasteiger partial charge in [-0.2, -0.15) is 5.26 Å². The molecule has 12 nitrogen and oxygen atoms in total. The number of ether oxygens (including phenoxy) is 2. The van der Waals surface area contributed by atoms with Crippen LogP contribution in [0.4, 0.5) is 21.6 Å². The van der Waals surface area contributed by atoms with Crippen molar-refractivity contribution < 1.29 is 27.1 Å². The average molecular weight is 650 g/mol. The minimum atomic E-state index is -3.52. The van der Waals surface area contributed by atoms with Crippen molar-refractivity contribution in [1.82, 2.24) is 19.8 Å². The lowest BCUT2D eigenvalue weighted by Crippen LogP contribution is -2.56. The summed E-state index contributed by atoms with van der Waals surface area (Å²) in [6.45, 7) is 5.59. The van der Waals surface area contributed by atoms with Gasteiger partial charge >= 0.3 is 0 Å². The monoisotopic (exact) mass is 649 g/mol. The molecule has 3 saturated heterocycles. The van der Waals surface area contributed by atoms with Crippen LogP contribution in [0, 0.1) is 11.3 Å². The lowest BCUT2D eigenvalue weighted by molar-refractivity contribution is -0.132. The lowest BCUT2D eigenvalue weighted by atomic mass is 10.0. The van der Waals surface area contributed by atoms with Crippen LogP contribution < -0.4 is 15.0 Å². The fourth-order valence-electron chi connectivity index (χ4n) is 5.83. The zero-order valence-corrected chi connectivity index (χ0v) is 26.3. The Balaban J connectivity index is 1.06. The van der Waals surface area contributed by atoms with E-state index in [9.17, 15) is 22.9 Å². The van der Waals surface area contributed by atoms with Gasteiger partial charge in [0.1, 0.15) is 29.5 Å². The van der Waals surface area contributed by atoms with Crippen molar-refractivity contribution >= 4 is 32.9 Å². The number of hydrogen-bond donors (Lipinski definition) is 1. The summed E-state index contributed by atoms with van der Waals surface area (Å²) in [6.07, 6.45) is 0.332. The van der Waals surface area contributed by atoms with Crippen molar-refractivity contribution in [3.63, 3.8) is 0 Å². The molecule has 242 valence electrons. The number of nitrogens with one attached hydrogen (secondary N) is 1. The van der Waals surface area contributed by atoms with Crippen molar-refractivity contribution in [2.75, 3.05) is 74.7 Å². The summed E-state index contributed by atoms with van der Waals surface area (Å²) >= 11 is 0. The Morgan fingerprint density at radius 2 is 1.87 bits per heavy atom. The van der Waals surface area contributed by atoms with Gasteiger partial charge in [0.15, 0.2) is 21.8 Å². The van der Waals surface area contributed by atoms with Crippen molar-refractivity contribution in [3.8, 4) is 23.2 Å². The minimum Gasteiger partial charge on any atom is -0.486 e. The van der Waals surface area contributed by atoms with E-state index in [1.54, 1.807) is 30.5 Å². The van der Waals surface area contributed by atoms with Gasteiger partial charge < -0.3 is 24.6 Å². The Morgan fingerprint density at radius 3 is 2.52 bits per heavy atom. The molecule has 3 aliphatic heterocycles. The van der Waals surface area contributed by atoms with E-state index in [1.807, 2.05) is 12.1 Å². The summed E-state index contributed by atoms with van der Waals surface area (Å²) < 4.78 is 49.1. The molecule has 0 saturated carbocycles. The average Bonchev–Trinajstić information content (AvgIpc) is 3.01. The van der Waals surface area contributed by atoms with Crippen LogP contribution in [-0.4, -0.2) is 117 Å².